The van der Waals surface area contributed by atoms with Crippen LogP contribution >= 0.6 is 0 Å². The van der Waals surface area contributed by atoms with Crippen molar-refractivity contribution in [3.05, 3.63) is 248 Å². The third kappa shape index (κ3) is 5.63. The molecule has 0 spiro atoms. The van der Waals surface area contributed by atoms with Gasteiger partial charge in [0.1, 0.15) is 5.69 Å². The molecule has 0 saturated carbocycles. The molecule has 0 radical (unpaired) electrons. The van der Waals surface area contributed by atoms with Crippen LogP contribution in [-0.2, 0) is 0 Å². The molecule has 0 fully saturated rings. The van der Waals surface area contributed by atoms with Crippen LogP contribution in [0.2, 0.25) is 0 Å². The molecule has 1 aliphatic rings. The smallest absolute Gasteiger partial charge is 0.279 e. The van der Waals surface area contributed by atoms with E-state index >= 15 is 0 Å². The number of nitrogens with zero attached hydrogens (tertiary/aromatic N) is 4. The number of benzene rings is 10. The van der Waals surface area contributed by atoms with Crippen LogP contribution < -0.4 is 0 Å². The van der Waals surface area contributed by atoms with E-state index in [1.54, 1.807) is 0 Å². The lowest BCUT2D eigenvalue weighted by Gasteiger charge is -2.23. The minimum atomic E-state index is 0.914. The van der Waals surface area contributed by atoms with Crippen LogP contribution in [0.15, 0.2) is 242 Å². The molecule has 64 heavy (non-hydrogen) atoms. The zero-order valence-electron chi connectivity index (χ0n) is 34.8. The summed E-state index contributed by atoms with van der Waals surface area (Å²) in [5.74, 6) is 1.84. The fraction of sp³-hybridized carbons (Fsp3) is 0. The van der Waals surface area contributed by atoms with Gasteiger partial charge in [-0.25, -0.2) is 0 Å². The first kappa shape index (κ1) is 36.1. The van der Waals surface area contributed by atoms with Gasteiger partial charge in [0.05, 0.1) is 33.2 Å². The second kappa shape index (κ2) is 14.5. The van der Waals surface area contributed by atoms with Gasteiger partial charge in [-0.2, -0.15) is 4.58 Å². The van der Waals surface area contributed by atoms with Gasteiger partial charge in [-0.15, -0.1) is 0 Å². The van der Waals surface area contributed by atoms with Gasteiger partial charge in [0.2, 0.25) is 0 Å². The zero-order valence-corrected chi connectivity index (χ0v) is 34.8. The summed E-state index contributed by atoms with van der Waals surface area (Å²) in [6.45, 7) is 0. The second-order valence-electron chi connectivity index (χ2n) is 16.6. The molecule has 3 heterocycles. The van der Waals surface area contributed by atoms with Gasteiger partial charge < -0.3 is 9.13 Å². The van der Waals surface area contributed by atoms with Crippen LogP contribution in [0, 0.1) is 0 Å². The molecule has 298 valence electrons. The fourth-order valence-corrected chi connectivity index (χ4v) is 10.0. The number of hydrogen-bond acceptors (Lipinski definition) is 1. The molecule has 4 heteroatoms. The van der Waals surface area contributed by atoms with Crippen molar-refractivity contribution in [2.24, 2.45) is 4.99 Å². The van der Waals surface area contributed by atoms with Crippen molar-refractivity contribution in [2.75, 3.05) is 0 Å². The van der Waals surface area contributed by atoms with Crippen LogP contribution in [-0.4, -0.2) is 25.4 Å². The van der Waals surface area contributed by atoms with Crippen molar-refractivity contribution in [1.29, 1.82) is 0 Å². The molecule has 12 aromatic rings. The summed E-state index contributed by atoms with van der Waals surface area (Å²) in [5.41, 5.74) is 14.8. The molecule has 0 saturated heterocycles. The van der Waals surface area contributed by atoms with Gasteiger partial charge >= 0.3 is 0 Å². The highest BCUT2D eigenvalue weighted by molar-refractivity contribution is 6.19. The maximum Gasteiger partial charge on any atom is 0.279 e. The summed E-state index contributed by atoms with van der Waals surface area (Å²) in [4.78, 5) is 5.39. The first-order valence-electron chi connectivity index (χ1n) is 21.9. The Hall–Kier alpha value is -8.60. The van der Waals surface area contributed by atoms with E-state index in [-0.39, 0.29) is 0 Å². The van der Waals surface area contributed by atoms with E-state index in [0.29, 0.717) is 0 Å². The average molecular weight is 816 g/mol. The third-order valence-corrected chi connectivity index (χ3v) is 13.0. The van der Waals surface area contributed by atoms with Crippen molar-refractivity contribution in [2.45, 2.75) is 0 Å². The molecular formula is C60H39N4+. The van der Waals surface area contributed by atoms with Crippen molar-refractivity contribution in [3.63, 3.8) is 0 Å². The van der Waals surface area contributed by atoms with Crippen LogP contribution in [0.1, 0.15) is 11.1 Å². The topological polar surface area (TPSA) is 25.2 Å². The highest BCUT2D eigenvalue weighted by atomic mass is 15.2. The Morgan fingerprint density at radius 3 is 1.52 bits per heavy atom. The predicted octanol–water partition coefficient (Wildman–Crippen LogP) is 14.9. The van der Waals surface area contributed by atoms with E-state index in [4.69, 9.17) is 4.99 Å². The van der Waals surface area contributed by atoms with Crippen LogP contribution in [0.25, 0.3) is 88.0 Å². The SMILES string of the molecule is c1ccc(-c2ccccc2C2=NC(c3ccc(-n4c5ccc(-n6c7ccccc7c7ccccc76)cc5c5cc6ccccc6cc54)cc3)=[N+]2c2ccccc2-c2ccccc2)cc1. The number of rotatable bonds is 7. The lowest BCUT2D eigenvalue weighted by atomic mass is 9.96. The maximum atomic E-state index is 5.39. The summed E-state index contributed by atoms with van der Waals surface area (Å²) in [6, 6.07) is 85.3. The van der Waals surface area contributed by atoms with E-state index in [1.165, 1.54) is 48.9 Å². The molecule has 0 bridgehead atoms. The Bertz CT molecular complexity index is 3820. The number of hydrogen-bond donors (Lipinski definition) is 0. The lowest BCUT2D eigenvalue weighted by molar-refractivity contribution is -0.318. The predicted molar refractivity (Wildman–Crippen MR) is 267 cm³/mol. The first-order chi connectivity index (χ1) is 31.8. The standard InChI is InChI=1S/C60H39N4/c1-3-17-40(18-4-1)47-23-9-10-27-51(47)60-61-59(64(60)54-28-14-11-24-48(54)41-19-5-2-6-20-41)42-31-33-45(34-32-42)62-57-36-35-46(39-53(57)52-37-43-21-7-8-22-44(43)38-58(52)62)63-55-29-15-12-25-49(55)50-26-13-16-30-56(50)63/h1-39H/q+1. The summed E-state index contributed by atoms with van der Waals surface area (Å²) in [5, 5.41) is 7.40. The number of para-hydroxylation sites is 3. The van der Waals surface area contributed by atoms with Crippen LogP contribution in [0.4, 0.5) is 5.69 Å². The van der Waals surface area contributed by atoms with E-state index in [1.807, 2.05) is 0 Å². The quantitative estimate of drug-likeness (QED) is 0.143. The molecule has 0 N–H and O–H groups in total. The minimum absolute atomic E-state index is 0.914. The summed E-state index contributed by atoms with van der Waals surface area (Å²) < 4.78 is 7.19. The van der Waals surface area contributed by atoms with Gasteiger partial charge in [0.25, 0.3) is 11.7 Å². The highest BCUT2D eigenvalue weighted by Gasteiger charge is 2.36. The number of amidine groups is 2. The minimum Gasteiger partial charge on any atom is -0.309 e. The molecule has 0 unspecified atom stereocenters. The van der Waals surface area contributed by atoms with E-state index < -0.39 is 0 Å². The van der Waals surface area contributed by atoms with E-state index in [0.717, 1.165) is 67.6 Å². The van der Waals surface area contributed by atoms with Gasteiger partial charge in [0, 0.05) is 38.5 Å². The lowest BCUT2D eigenvalue weighted by Crippen LogP contribution is -2.35. The molecular weight excluding hydrogens is 777 g/mol. The normalized spacial score (nSPS) is 12.7. The van der Waals surface area contributed by atoms with Crippen molar-refractivity contribution in [1.82, 2.24) is 9.13 Å². The monoisotopic (exact) mass is 815 g/mol. The zero-order chi connectivity index (χ0) is 42.1. The largest absolute Gasteiger partial charge is 0.309 e. The Morgan fingerprint density at radius 1 is 0.312 bits per heavy atom. The van der Waals surface area contributed by atoms with E-state index in [2.05, 4.69) is 250 Å². The Kier molecular flexibility index (Phi) is 8.18. The van der Waals surface area contributed by atoms with Gasteiger partial charge in [-0.05, 0) is 106 Å². The van der Waals surface area contributed by atoms with Crippen molar-refractivity contribution >= 4 is 71.7 Å². The summed E-state index contributed by atoms with van der Waals surface area (Å²) in [6.07, 6.45) is 0. The maximum absolute atomic E-state index is 5.39. The third-order valence-electron chi connectivity index (χ3n) is 13.0. The van der Waals surface area contributed by atoms with Crippen molar-refractivity contribution in [3.8, 4) is 33.6 Å². The van der Waals surface area contributed by atoms with Crippen LogP contribution in [0.5, 0.6) is 0 Å². The van der Waals surface area contributed by atoms with Crippen LogP contribution in [0.3, 0.4) is 0 Å². The van der Waals surface area contributed by atoms with Crippen molar-refractivity contribution < 1.29 is 4.58 Å². The molecule has 10 aromatic carbocycles. The highest BCUT2D eigenvalue weighted by Crippen LogP contribution is 2.40. The summed E-state index contributed by atoms with van der Waals surface area (Å²) in [7, 11) is 0. The molecule has 0 aliphatic carbocycles. The first-order valence-corrected chi connectivity index (χ1v) is 21.9. The molecule has 0 atom stereocenters. The fourth-order valence-electron chi connectivity index (χ4n) is 10.0. The molecule has 1 aliphatic heterocycles. The molecule has 0 amide bonds. The summed E-state index contributed by atoms with van der Waals surface area (Å²) >= 11 is 0. The van der Waals surface area contributed by atoms with Gasteiger partial charge in [-0.3, -0.25) is 0 Å². The Balaban J connectivity index is 0.984. The second-order valence-corrected chi connectivity index (χ2v) is 16.6. The molecule has 4 nitrogen and oxygen atoms in total. The van der Waals surface area contributed by atoms with Gasteiger partial charge in [0.15, 0.2) is 0 Å². The Morgan fingerprint density at radius 2 is 0.812 bits per heavy atom. The Labute approximate surface area is 370 Å². The van der Waals surface area contributed by atoms with E-state index in [9.17, 15) is 0 Å². The van der Waals surface area contributed by atoms with Gasteiger partial charge in [-0.1, -0.05) is 163 Å². The number of aromatic nitrogens is 2. The number of fused-ring (bicyclic) bond motifs is 7. The number of aliphatic imine (C=N–C) groups is 1. The molecule has 2 aromatic heterocycles. The average Bonchev–Trinajstić information content (AvgIpc) is 3.86. The molecule has 13 rings (SSSR count).